The molecule has 4 N–H and O–H groups in total. The summed E-state index contributed by atoms with van der Waals surface area (Å²) in [5.41, 5.74) is 6.12. The van der Waals surface area contributed by atoms with Gasteiger partial charge in [0.1, 0.15) is 6.04 Å². The summed E-state index contributed by atoms with van der Waals surface area (Å²) in [6.07, 6.45) is 1.62. The minimum absolute atomic E-state index is 0.0185. The van der Waals surface area contributed by atoms with Crippen LogP contribution in [0.5, 0.6) is 0 Å². The first kappa shape index (κ1) is 18.0. The van der Waals surface area contributed by atoms with E-state index in [9.17, 15) is 14.7 Å². The van der Waals surface area contributed by atoms with Crippen molar-refractivity contribution in [2.45, 2.75) is 25.3 Å². The number of aromatic nitrogens is 1. The van der Waals surface area contributed by atoms with Gasteiger partial charge in [0.25, 0.3) is 5.91 Å². The van der Waals surface area contributed by atoms with Gasteiger partial charge in [0.2, 0.25) is 0 Å². The van der Waals surface area contributed by atoms with Gasteiger partial charge in [-0.05, 0) is 50.1 Å². The Kier molecular flexibility index (Phi) is 6.34. The van der Waals surface area contributed by atoms with E-state index in [1.807, 2.05) is 0 Å². The molecule has 1 amide bonds. The number of carbonyl (C=O) groups excluding carboxylic acids is 1. The molecule has 2 rings (SSSR count). The molecular weight excluding hydrogens is 334 g/mol. The Morgan fingerprint density at radius 3 is 2.62 bits per heavy atom. The number of nitrogens with one attached hydrogen (secondary N) is 1. The lowest BCUT2D eigenvalue weighted by Gasteiger charge is -2.12. The molecule has 0 radical (unpaired) electrons. The highest BCUT2D eigenvalue weighted by Crippen LogP contribution is 2.22. The fourth-order valence-corrected chi connectivity index (χ4v) is 2.24. The van der Waals surface area contributed by atoms with E-state index >= 15 is 0 Å². The van der Waals surface area contributed by atoms with Gasteiger partial charge in [0, 0.05) is 16.7 Å². The summed E-state index contributed by atoms with van der Waals surface area (Å²) in [6.45, 7) is 0.480. The molecule has 0 aliphatic heterocycles. The van der Waals surface area contributed by atoms with Crippen LogP contribution in [0.2, 0.25) is 5.02 Å². The van der Waals surface area contributed by atoms with Crippen LogP contribution in [-0.2, 0) is 4.79 Å². The zero-order valence-corrected chi connectivity index (χ0v) is 13.6. The second kappa shape index (κ2) is 8.47. The largest absolute Gasteiger partial charge is 0.480 e. The molecule has 0 saturated carbocycles. The van der Waals surface area contributed by atoms with Gasteiger partial charge in [0.05, 0.1) is 0 Å². The summed E-state index contributed by atoms with van der Waals surface area (Å²) >= 11 is 5.82. The van der Waals surface area contributed by atoms with Gasteiger partial charge in [-0.2, -0.15) is 0 Å². The number of unbranched alkanes of at least 4 members (excludes halogenated alkanes) is 1. The summed E-state index contributed by atoms with van der Waals surface area (Å²) in [6, 6.07) is 7.32. The predicted octanol–water partition coefficient (Wildman–Crippen LogP) is 2.31. The minimum atomic E-state index is -1.10. The number of aliphatic carboxylic acids is 1. The third kappa shape index (κ3) is 4.81. The number of halogens is 1. The van der Waals surface area contributed by atoms with Crippen molar-refractivity contribution in [3.8, 4) is 11.3 Å². The molecule has 0 saturated heterocycles. The van der Waals surface area contributed by atoms with Crippen LogP contribution in [-0.4, -0.2) is 34.7 Å². The predicted molar refractivity (Wildman–Crippen MR) is 88.7 cm³/mol. The van der Waals surface area contributed by atoms with Gasteiger partial charge in [-0.25, -0.2) is 4.79 Å². The lowest BCUT2D eigenvalue weighted by atomic mass is 10.1. The van der Waals surface area contributed by atoms with Crippen molar-refractivity contribution in [3.63, 3.8) is 0 Å². The van der Waals surface area contributed by atoms with Crippen molar-refractivity contribution in [3.05, 3.63) is 41.0 Å². The Balaban J connectivity index is 2.04. The highest BCUT2D eigenvalue weighted by Gasteiger charge is 2.22. The molecule has 7 nitrogen and oxygen atoms in total. The minimum Gasteiger partial charge on any atom is -0.480 e. The van der Waals surface area contributed by atoms with E-state index < -0.39 is 17.9 Å². The van der Waals surface area contributed by atoms with Crippen LogP contribution >= 0.6 is 11.6 Å². The smallest absolute Gasteiger partial charge is 0.326 e. The van der Waals surface area contributed by atoms with Gasteiger partial charge in [-0.3, -0.25) is 4.79 Å². The van der Waals surface area contributed by atoms with Crippen molar-refractivity contribution < 1.29 is 19.2 Å². The van der Waals surface area contributed by atoms with E-state index in [-0.39, 0.29) is 5.69 Å². The maximum atomic E-state index is 12.1. The maximum Gasteiger partial charge on any atom is 0.326 e. The van der Waals surface area contributed by atoms with Crippen LogP contribution in [0.3, 0.4) is 0 Å². The fourth-order valence-electron chi connectivity index (χ4n) is 2.11. The van der Waals surface area contributed by atoms with Gasteiger partial charge in [-0.1, -0.05) is 16.8 Å². The molecule has 0 spiro atoms. The highest BCUT2D eigenvalue weighted by atomic mass is 35.5. The van der Waals surface area contributed by atoms with Crippen LogP contribution in [0, 0.1) is 0 Å². The molecule has 0 fully saturated rings. The van der Waals surface area contributed by atoms with Crippen molar-refractivity contribution in [2.24, 2.45) is 5.73 Å². The summed E-state index contributed by atoms with van der Waals surface area (Å²) in [7, 11) is 0. The molecule has 0 unspecified atom stereocenters. The molecule has 128 valence electrons. The quantitative estimate of drug-likeness (QED) is 0.628. The number of carbonyl (C=O) groups is 2. The number of carboxylic acid groups (broad SMARTS) is 1. The van der Waals surface area contributed by atoms with E-state index in [2.05, 4.69) is 10.5 Å². The third-order valence-corrected chi connectivity index (χ3v) is 3.67. The Bertz CT molecular complexity index is 700. The van der Waals surface area contributed by atoms with E-state index in [1.54, 1.807) is 24.3 Å². The summed E-state index contributed by atoms with van der Waals surface area (Å²) in [4.78, 5) is 23.4. The Hall–Kier alpha value is -2.38. The average molecular weight is 352 g/mol. The topological polar surface area (TPSA) is 118 Å². The van der Waals surface area contributed by atoms with Crippen LogP contribution in [0.25, 0.3) is 11.3 Å². The molecule has 2 aromatic rings. The standard InChI is InChI=1S/C16H18ClN3O4/c17-11-6-4-10(5-7-11)14-9-13(20-24-14)15(21)19-12(16(22)23)3-1-2-8-18/h4-7,9,12H,1-3,8,18H2,(H,19,21)(H,22,23)/t12-/m0/s1. The second-order valence-electron chi connectivity index (χ2n) is 5.23. The first-order chi connectivity index (χ1) is 11.5. The second-order valence-corrected chi connectivity index (χ2v) is 5.67. The molecule has 0 aliphatic rings. The summed E-state index contributed by atoms with van der Waals surface area (Å²) in [5.74, 6) is -1.30. The summed E-state index contributed by atoms with van der Waals surface area (Å²) < 4.78 is 5.13. The number of hydrogen-bond acceptors (Lipinski definition) is 5. The third-order valence-electron chi connectivity index (χ3n) is 3.42. The Labute approximate surface area is 143 Å². The maximum absolute atomic E-state index is 12.1. The van der Waals surface area contributed by atoms with Gasteiger partial charge < -0.3 is 20.7 Å². The molecular formula is C16H18ClN3O4. The van der Waals surface area contributed by atoms with Crippen molar-refractivity contribution >= 4 is 23.5 Å². The monoisotopic (exact) mass is 351 g/mol. The fraction of sp³-hybridized carbons (Fsp3) is 0.312. The normalized spacial score (nSPS) is 11.9. The molecule has 8 heteroatoms. The SMILES string of the molecule is NCCCC[C@H](NC(=O)c1cc(-c2ccc(Cl)cc2)on1)C(=O)O. The van der Waals surface area contributed by atoms with Crippen molar-refractivity contribution in [1.82, 2.24) is 10.5 Å². The molecule has 1 atom stereocenters. The molecule has 1 aromatic heterocycles. The van der Waals surface area contributed by atoms with Crippen molar-refractivity contribution in [2.75, 3.05) is 6.54 Å². The lowest BCUT2D eigenvalue weighted by Crippen LogP contribution is -2.40. The number of rotatable bonds is 8. The number of carboxylic acids is 1. The first-order valence-electron chi connectivity index (χ1n) is 7.47. The zero-order valence-electron chi connectivity index (χ0n) is 12.9. The van der Waals surface area contributed by atoms with Crippen molar-refractivity contribution in [1.29, 1.82) is 0 Å². The average Bonchev–Trinajstić information content (AvgIpc) is 3.04. The van der Waals surface area contributed by atoms with E-state index in [4.69, 9.17) is 21.9 Å². The van der Waals surface area contributed by atoms with Gasteiger partial charge in [-0.15, -0.1) is 0 Å². The van der Waals surface area contributed by atoms with Crippen LogP contribution in [0.1, 0.15) is 29.8 Å². The van der Waals surface area contributed by atoms with Crippen LogP contribution in [0.4, 0.5) is 0 Å². The number of nitrogens with zero attached hydrogens (tertiary/aromatic N) is 1. The molecule has 0 aliphatic carbocycles. The molecule has 0 bridgehead atoms. The van der Waals surface area contributed by atoms with E-state index in [0.29, 0.717) is 42.2 Å². The molecule has 1 heterocycles. The first-order valence-corrected chi connectivity index (χ1v) is 7.85. The van der Waals surface area contributed by atoms with Crippen LogP contribution < -0.4 is 11.1 Å². The Morgan fingerprint density at radius 1 is 1.29 bits per heavy atom. The van der Waals surface area contributed by atoms with Crippen LogP contribution in [0.15, 0.2) is 34.9 Å². The summed E-state index contributed by atoms with van der Waals surface area (Å²) in [5, 5.41) is 15.9. The van der Waals surface area contributed by atoms with Gasteiger partial charge in [0.15, 0.2) is 11.5 Å². The van der Waals surface area contributed by atoms with E-state index in [1.165, 1.54) is 6.07 Å². The molecule has 24 heavy (non-hydrogen) atoms. The van der Waals surface area contributed by atoms with Gasteiger partial charge >= 0.3 is 5.97 Å². The number of amides is 1. The zero-order chi connectivity index (χ0) is 17.5. The lowest BCUT2D eigenvalue weighted by molar-refractivity contribution is -0.139. The molecule has 1 aromatic carbocycles. The number of hydrogen-bond donors (Lipinski definition) is 3. The number of nitrogens with two attached hydrogens (primary N) is 1. The highest BCUT2D eigenvalue weighted by molar-refractivity contribution is 6.30. The Morgan fingerprint density at radius 2 is 2.00 bits per heavy atom. The number of benzene rings is 1. The van der Waals surface area contributed by atoms with E-state index in [0.717, 1.165) is 0 Å².